The molecule has 0 saturated heterocycles. The van der Waals surface area contributed by atoms with Crippen LogP contribution in [-0.2, 0) is 6.42 Å². The SMILES string of the molecule is CCNC(Cc1csc2ccccc12)C1(CC)CCCC1. The third kappa shape index (κ3) is 2.89. The van der Waals surface area contributed by atoms with Gasteiger partial charge in [0.15, 0.2) is 0 Å². The highest BCUT2D eigenvalue weighted by Crippen LogP contribution is 2.45. The van der Waals surface area contributed by atoms with E-state index >= 15 is 0 Å². The lowest BCUT2D eigenvalue weighted by atomic mass is 9.74. The van der Waals surface area contributed by atoms with E-state index in [1.165, 1.54) is 48.6 Å². The van der Waals surface area contributed by atoms with Crippen molar-refractivity contribution >= 4 is 21.4 Å². The molecule has 1 N–H and O–H groups in total. The molecule has 1 heterocycles. The normalized spacial score (nSPS) is 19.1. The summed E-state index contributed by atoms with van der Waals surface area (Å²) >= 11 is 1.90. The number of benzene rings is 1. The molecule has 21 heavy (non-hydrogen) atoms. The van der Waals surface area contributed by atoms with Gasteiger partial charge in [-0.25, -0.2) is 0 Å². The second-order valence-corrected chi connectivity index (χ2v) is 7.41. The zero-order valence-electron chi connectivity index (χ0n) is 13.3. The standard InChI is InChI=1S/C19H27NS/c1-3-19(11-7-8-12-19)18(20-4-2)13-15-14-21-17-10-6-5-9-16(15)17/h5-6,9-10,14,18,20H,3-4,7-8,11-13H2,1-2H3. The summed E-state index contributed by atoms with van der Waals surface area (Å²) < 4.78 is 1.43. The number of thiophene rings is 1. The first-order chi connectivity index (χ1) is 10.3. The molecule has 0 spiro atoms. The van der Waals surface area contributed by atoms with Crippen molar-refractivity contribution in [2.75, 3.05) is 6.54 Å². The van der Waals surface area contributed by atoms with E-state index in [4.69, 9.17) is 0 Å². The Hall–Kier alpha value is -0.860. The number of likely N-dealkylation sites (N-methyl/N-ethyl adjacent to an activating group) is 1. The maximum atomic E-state index is 3.82. The van der Waals surface area contributed by atoms with Crippen LogP contribution in [0.1, 0.15) is 51.5 Å². The molecule has 0 radical (unpaired) electrons. The maximum absolute atomic E-state index is 3.82. The van der Waals surface area contributed by atoms with Crippen LogP contribution in [-0.4, -0.2) is 12.6 Å². The lowest BCUT2D eigenvalue weighted by Crippen LogP contribution is -2.45. The predicted molar refractivity (Wildman–Crippen MR) is 94.2 cm³/mol. The Labute approximate surface area is 132 Å². The van der Waals surface area contributed by atoms with Gasteiger partial charge in [-0.3, -0.25) is 0 Å². The molecule has 0 aliphatic heterocycles. The molecule has 114 valence electrons. The van der Waals surface area contributed by atoms with Gasteiger partial charge in [0.1, 0.15) is 0 Å². The molecule has 0 amide bonds. The molecule has 1 aliphatic carbocycles. The summed E-state index contributed by atoms with van der Waals surface area (Å²) in [5.41, 5.74) is 2.07. The first kappa shape index (κ1) is 15.1. The summed E-state index contributed by atoms with van der Waals surface area (Å²) in [6.07, 6.45) is 8.14. The van der Waals surface area contributed by atoms with Gasteiger partial charge < -0.3 is 5.32 Å². The number of rotatable bonds is 6. The average Bonchev–Trinajstić information content (AvgIpc) is 3.15. The quantitative estimate of drug-likeness (QED) is 0.754. The molecular weight excluding hydrogens is 274 g/mol. The molecule has 2 heteroatoms. The van der Waals surface area contributed by atoms with Gasteiger partial charge in [-0.1, -0.05) is 44.9 Å². The topological polar surface area (TPSA) is 12.0 Å². The zero-order chi connectivity index (χ0) is 14.7. The maximum Gasteiger partial charge on any atom is 0.0345 e. The molecule has 1 unspecified atom stereocenters. The van der Waals surface area contributed by atoms with Crippen LogP contribution in [0.15, 0.2) is 29.6 Å². The molecule has 1 aromatic heterocycles. The van der Waals surface area contributed by atoms with Crippen LogP contribution in [0.25, 0.3) is 10.1 Å². The minimum Gasteiger partial charge on any atom is -0.313 e. The Bertz CT molecular complexity index is 580. The van der Waals surface area contributed by atoms with Crippen molar-refractivity contribution in [2.24, 2.45) is 5.41 Å². The Morgan fingerprint density at radius 3 is 2.67 bits per heavy atom. The van der Waals surface area contributed by atoms with Crippen molar-refractivity contribution in [3.63, 3.8) is 0 Å². The Kier molecular flexibility index (Phi) is 4.66. The fourth-order valence-corrected chi connectivity index (χ4v) is 5.17. The van der Waals surface area contributed by atoms with Crippen LogP contribution in [0.5, 0.6) is 0 Å². The van der Waals surface area contributed by atoms with Gasteiger partial charge in [0, 0.05) is 10.7 Å². The van der Waals surface area contributed by atoms with E-state index in [0.29, 0.717) is 11.5 Å². The van der Waals surface area contributed by atoms with Crippen LogP contribution >= 0.6 is 11.3 Å². The van der Waals surface area contributed by atoms with E-state index < -0.39 is 0 Å². The number of fused-ring (bicyclic) bond motifs is 1. The monoisotopic (exact) mass is 301 g/mol. The summed E-state index contributed by atoms with van der Waals surface area (Å²) in [4.78, 5) is 0. The van der Waals surface area contributed by atoms with Gasteiger partial charge in [-0.2, -0.15) is 0 Å². The third-order valence-electron chi connectivity index (χ3n) is 5.48. The predicted octanol–water partition coefficient (Wildman–Crippen LogP) is 5.39. The van der Waals surface area contributed by atoms with E-state index in [1.54, 1.807) is 5.56 Å². The van der Waals surface area contributed by atoms with E-state index in [9.17, 15) is 0 Å². The highest BCUT2D eigenvalue weighted by molar-refractivity contribution is 7.17. The molecule has 1 atom stereocenters. The highest BCUT2D eigenvalue weighted by Gasteiger charge is 2.39. The fraction of sp³-hybridized carbons (Fsp3) is 0.579. The van der Waals surface area contributed by atoms with Gasteiger partial charge in [0.25, 0.3) is 0 Å². The Morgan fingerprint density at radius 2 is 1.95 bits per heavy atom. The molecule has 1 aliphatic rings. The third-order valence-corrected chi connectivity index (χ3v) is 6.49. The second-order valence-electron chi connectivity index (χ2n) is 6.49. The number of nitrogens with one attached hydrogen (secondary N) is 1. The fourth-order valence-electron chi connectivity index (χ4n) is 4.19. The van der Waals surface area contributed by atoms with E-state index in [0.717, 1.165) is 6.54 Å². The van der Waals surface area contributed by atoms with Crippen molar-refractivity contribution < 1.29 is 0 Å². The van der Waals surface area contributed by atoms with Gasteiger partial charge >= 0.3 is 0 Å². The lowest BCUT2D eigenvalue weighted by Gasteiger charge is -2.37. The largest absolute Gasteiger partial charge is 0.313 e. The van der Waals surface area contributed by atoms with Crippen molar-refractivity contribution in [2.45, 2.75) is 58.4 Å². The van der Waals surface area contributed by atoms with Gasteiger partial charge in [0.05, 0.1) is 0 Å². The van der Waals surface area contributed by atoms with E-state index in [2.05, 4.69) is 48.8 Å². The molecule has 1 aromatic carbocycles. The van der Waals surface area contributed by atoms with Gasteiger partial charge in [-0.15, -0.1) is 11.3 Å². The number of hydrogen-bond donors (Lipinski definition) is 1. The lowest BCUT2D eigenvalue weighted by molar-refractivity contribution is 0.187. The van der Waals surface area contributed by atoms with Crippen LogP contribution in [0, 0.1) is 5.41 Å². The molecule has 2 aromatic rings. The molecule has 3 rings (SSSR count). The second kappa shape index (κ2) is 6.50. The summed E-state index contributed by atoms with van der Waals surface area (Å²) in [7, 11) is 0. The smallest absolute Gasteiger partial charge is 0.0345 e. The summed E-state index contributed by atoms with van der Waals surface area (Å²) in [6, 6.07) is 9.49. The molecule has 1 nitrogen and oxygen atoms in total. The first-order valence-electron chi connectivity index (χ1n) is 8.47. The van der Waals surface area contributed by atoms with Gasteiger partial charge in [0.2, 0.25) is 0 Å². The van der Waals surface area contributed by atoms with Crippen LogP contribution in [0.2, 0.25) is 0 Å². The van der Waals surface area contributed by atoms with Crippen molar-refractivity contribution in [3.8, 4) is 0 Å². The molecular formula is C19H27NS. The minimum atomic E-state index is 0.527. The van der Waals surface area contributed by atoms with Crippen LogP contribution in [0.4, 0.5) is 0 Å². The average molecular weight is 301 g/mol. The summed E-state index contributed by atoms with van der Waals surface area (Å²) in [5.74, 6) is 0. The number of hydrogen-bond acceptors (Lipinski definition) is 2. The molecule has 1 fully saturated rings. The van der Waals surface area contributed by atoms with Crippen molar-refractivity contribution in [3.05, 3.63) is 35.2 Å². The Balaban J connectivity index is 1.88. The van der Waals surface area contributed by atoms with Gasteiger partial charge in [-0.05, 0) is 60.0 Å². The minimum absolute atomic E-state index is 0.527. The van der Waals surface area contributed by atoms with Crippen molar-refractivity contribution in [1.82, 2.24) is 5.32 Å². The zero-order valence-corrected chi connectivity index (χ0v) is 14.1. The van der Waals surface area contributed by atoms with Crippen molar-refractivity contribution in [1.29, 1.82) is 0 Å². The highest BCUT2D eigenvalue weighted by atomic mass is 32.1. The van der Waals surface area contributed by atoms with E-state index in [1.807, 2.05) is 11.3 Å². The Morgan fingerprint density at radius 1 is 1.19 bits per heavy atom. The van der Waals surface area contributed by atoms with E-state index in [-0.39, 0.29) is 0 Å². The van der Waals surface area contributed by atoms with Crippen LogP contribution < -0.4 is 5.32 Å². The first-order valence-corrected chi connectivity index (χ1v) is 9.35. The molecule has 0 bridgehead atoms. The van der Waals surface area contributed by atoms with Crippen LogP contribution in [0.3, 0.4) is 0 Å². The summed E-state index contributed by atoms with van der Waals surface area (Å²) in [6.45, 7) is 5.72. The molecule has 1 saturated carbocycles. The summed E-state index contributed by atoms with van der Waals surface area (Å²) in [5, 5.41) is 7.67.